The van der Waals surface area contributed by atoms with Crippen LogP contribution in [-0.4, -0.2) is 35.7 Å². The van der Waals surface area contributed by atoms with Gasteiger partial charge in [0.15, 0.2) is 0 Å². The van der Waals surface area contributed by atoms with Crippen LogP contribution in [0.3, 0.4) is 0 Å². The molecule has 0 bridgehead atoms. The Bertz CT molecular complexity index is 158. The largest absolute Gasteiger partial charge is 0.395 e. The number of allylic oxidation sites excluding steroid dienone is 1. The van der Waals surface area contributed by atoms with Crippen LogP contribution in [0.15, 0.2) is 12.7 Å². The number of unbranched alkanes of at least 4 members (excludes halogenated alkanes) is 1. The molecule has 2 heteroatoms. The summed E-state index contributed by atoms with van der Waals surface area (Å²) in [5, 5.41) is 9.28. The van der Waals surface area contributed by atoms with Gasteiger partial charge < -0.3 is 5.11 Å². The summed E-state index contributed by atoms with van der Waals surface area (Å²) < 4.78 is 0. The summed E-state index contributed by atoms with van der Waals surface area (Å²) in [4.78, 5) is 2.45. The van der Waals surface area contributed by atoms with Crippen molar-refractivity contribution in [3.8, 4) is 0 Å². The average molecular weight is 197 g/mol. The molecular formula is C12H23NO. The molecular weight excluding hydrogens is 174 g/mol. The Kier molecular flexibility index (Phi) is 5.88. The van der Waals surface area contributed by atoms with Crippen molar-refractivity contribution in [2.45, 2.75) is 44.6 Å². The van der Waals surface area contributed by atoms with E-state index in [2.05, 4.69) is 11.5 Å². The van der Waals surface area contributed by atoms with E-state index in [1.54, 1.807) is 0 Å². The van der Waals surface area contributed by atoms with Gasteiger partial charge in [-0.1, -0.05) is 18.9 Å². The van der Waals surface area contributed by atoms with Gasteiger partial charge in [0.1, 0.15) is 0 Å². The molecule has 0 amide bonds. The zero-order chi connectivity index (χ0) is 10.2. The molecule has 1 unspecified atom stereocenters. The fourth-order valence-corrected chi connectivity index (χ4v) is 2.18. The Morgan fingerprint density at radius 2 is 2.21 bits per heavy atom. The second kappa shape index (κ2) is 7.02. The molecule has 14 heavy (non-hydrogen) atoms. The van der Waals surface area contributed by atoms with Gasteiger partial charge in [0.05, 0.1) is 6.61 Å². The average Bonchev–Trinajstić information content (AvgIpc) is 2.43. The predicted octanol–water partition coefficient (Wildman–Crippen LogP) is 2.19. The number of hydrogen-bond acceptors (Lipinski definition) is 2. The van der Waals surface area contributed by atoms with Crippen LogP contribution >= 0.6 is 0 Å². The van der Waals surface area contributed by atoms with Crippen molar-refractivity contribution in [2.24, 2.45) is 0 Å². The number of aliphatic hydroxyl groups excluding tert-OH is 1. The Balaban J connectivity index is 2.31. The van der Waals surface area contributed by atoms with Crippen LogP contribution < -0.4 is 0 Å². The van der Waals surface area contributed by atoms with Crippen molar-refractivity contribution in [1.82, 2.24) is 4.90 Å². The van der Waals surface area contributed by atoms with E-state index in [1.807, 2.05) is 6.08 Å². The SMILES string of the molecule is C=CCCCN1CCCCCC1CO. The van der Waals surface area contributed by atoms with Gasteiger partial charge in [0, 0.05) is 6.04 Å². The molecule has 0 aromatic heterocycles. The maximum absolute atomic E-state index is 9.28. The van der Waals surface area contributed by atoms with Gasteiger partial charge in [-0.25, -0.2) is 0 Å². The summed E-state index contributed by atoms with van der Waals surface area (Å²) in [7, 11) is 0. The van der Waals surface area contributed by atoms with Gasteiger partial charge in [-0.2, -0.15) is 0 Å². The van der Waals surface area contributed by atoms with Crippen molar-refractivity contribution in [1.29, 1.82) is 0 Å². The van der Waals surface area contributed by atoms with Crippen LogP contribution in [-0.2, 0) is 0 Å². The van der Waals surface area contributed by atoms with Crippen LogP contribution in [0.1, 0.15) is 38.5 Å². The van der Waals surface area contributed by atoms with Crippen LogP contribution in [0.2, 0.25) is 0 Å². The molecule has 0 saturated carbocycles. The van der Waals surface area contributed by atoms with Crippen molar-refractivity contribution < 1.29 is 5.11 Å². The highest BCUT2D eigenvalue weighted by atomic mass is 16.3. The molecule has 1 aliphatic heterocycles. The zero-order valence-electron chi connectivity index (χ0n) is 9.12. The zero-order valence-corrected chi connectivity index (χ0v) is 9.12. The fourth-order valence-electron chi connectivity index (χ4n) is 2.18. The van der Waals surface area contributed by atoms with E-state index in [0.29, 0.717) is 12.6 Å². The highest BCUT2D eigenvalue weighted by Gasteiger charge is 2.18. The van der Waals surface area contributed by atoms with Crippen LogP contribution in [0.25, 0.3) is 0 Å². The number of hydrogen-bond donors (Lipinski definition) is 1. The lowest BCUT2D eigenvalue weighted by atomic mass is 10.1. The van der Waals surface area contributed by atoms with Gasteiger partial charge in [0.25, 0.3) is 0 Å². The van der Waals surface area contributed by atoms with E-state index in [1.165, 1.54) is 38.6 Å². The molecule has 0 radical (unpaired) electrons. The molecule has 1 aliphatic rings. The predicted molar refractivity (Wildman–Crippen MR) is 60.3 cm³/mol. The second-order valence-electron chi connectivity index (χ2n) is 4.15. The lowest BCUT2D eigenvalue weighted by Gasteiger charge is -2.28. The Labute approximate surface area is 87.6 Å². The molecule has 1 atom stereocenters. The fraction of sp³-hybridized carbons (Fsp3) is 0.833. The highest BCUT2D eigenvalue weighted by Crippen LogP contribution is 2.16. The first-order chi connectivity index (χ1) is 6.88. The summed E-state index contributed by atoms with van der Waals surface area (Å²) >= 11 is 0. The molecule has 0 spiro atoms. The number of likely N-dealkylation sites (tertiary alicyclic amines) is 1. The molecule has 1 saturated heterocycles. The van der Waals surface area contributed by atoms with Crippen LogP contribution in [0, 0.1) is 0 Å². The maximum Gasteiger partial charge on any atom is 0.0586 e. The Hall–Kier alpha value is -0.340. The van der Waals surface area contributed by atoms with E-state index in [4.69, 9.17) is 0 Å². The third-order valence-electron chi connectivity index (χ3n) is 3.06. The third-order valence-corrected chi connectivity index (χ3v) is 3.06. The smallest absolute Gasteiger partial charge is 0.0586 e. The van der Waals surface area contributed by atoms with Crippen molar-refractivity contribution >= 4 is 0 Å². The molecule has 0 aliphatic carbocycles. The number of rotatable bonds is 5. The molecule has 1 N–H and O–H groups in total. The molecule has 0 aromatic carbocycles. The first-order valence-corrected chi connectivity index (χ1v) is 5.84. The van der Waals surface area contributed by atoms with Gasteiger partial charge in [0.2, 0.25) is 0 Å². The monoisotopic (exact) mass is 197 g/mol. The van der Waals surface area contributed by atoms with Crippen LogP contribution in [0.4, 0.5) is 0 Å². The standard InChI is InChI=1S/C12H23NO/c1-2-3-6-9-13-10-7-4-5-8-12(13)11-14/h2,12,14H,1,3-11H2. The first kappa shape index (κ1) is 11.7. The molecule has 2 nitrogen and oxygen atoms in total. The van der Waals surface area contributed by atoms with Crippen molar-refractivity contribution in [2.75, 3.05) is 19.7 Å². The lowest BCUT2D eigenvalue weighted by Crippen LogP contribution is -2.38. The first-order valence-electron chi connectivity index (χ1n) is 5.84. The number of nitrogens with zero attached hydrogens (tertiary/aromatic N) is 1. The quantitative estimate of drug-likeness (QED) is 0.539. The molecule has 1 rings (SSSR count). The summed E-state index contributed by atoms with van der Waals surface area (Å²) in [6, 6.07) is 0.419. The third kappa shape index (κ3) is 3.81. The normalized spacial score (nSPS) is 24.5. The number of aliphatic hydroxyl groups is 1. The van der Waals surface area contributed by atoms with Gasteiger partial charge in [-0.05, 0) is 38.8 Å². The van der Waals surface area contributed by atoms with E-state index in [9.17, 15) is 5.11 Å². The summed E-state index contributed by atoms with van der Waals surface area (Å²) in [6.45, 7) is 6.35. The van der Waals surface area contributed by atoms with Gasteiger partial charge in [-0.15, -0.1) is 6.58 Å². The minimum absolute atomic E-state index is 0.327. The van der Waals surface area contributed by atoms with Crippen LogP contribution in [0.5, 0.6) is 0 Å². The van der Waals surface area contributed by atoms with Gasteiger partial charge in [-0.3, -0.25) is 4.90 Å². The van der Waals surface area contributed by atoms with Crippen molar-refractivity contribution in [3.63, 3.8) is 0 Å². The van der Waals surface area contributed by atoms with E-state index >= 15 is 0 Å². The molecule has 1 fully saturated rings. The van der Waals surface area contributed by atoms with E-state index < -0.39 is 0 Å². The molecule has 0 aromatic rings. The summed E-state index contributed by atoms with van der Waals surface area (Å²) in [5.74, 6) is 0. The van der Waals surface area contributed by atoms with Gasteiger partial charge >= 0.3 is 0 Å². The topological polar surface area (TPSA) is 23.5 Å². The lowest BCUT2D eigenvalue weighted by molar-refractivity contribution is 0.123. The summed E-state index contributed by atoms with van der Waals surface area (Å²) in [6.07, 6.45) is 9.33. The minimum atomic E-state index is 0.327. The minimum Gasteiger partial charge on any atom is -0.395 e. The second-order valence-corrected chi connectivity index (χ2v) is 4.15. The highest BCUT2D eigenvalue weighted by molar-refractivity contribution is 4.76. The molecule has 1 heterocycles. The Morgan fingerprint density at radius 3 is 2.93 bits per heavy atom. The van der Waals surface area contributed by atoms with E-state index in [-0.39, 0.29) is 0 Å². The molecule has 82 valence electrons. The Morgan fingerprint density at radius 1 is 1.36 bits per heavy atom. The van der Waals surface area contributed by atoms with Crippen molar-refractivity contribution in [3.05, 3.63) is 12.7 Å². The summed E-state index contributed by atoms with van der Waals surface area (Å²) in [5.41, 5.74) is 0. The maximum atomic E-state index is 9.28. The van der Waals surface area contributed by atoms with E-state index in [0.717, 1.165) is 13.0 Å².